The topological polar surface area (TPSA) is 50.2 Å². The molecular weight excluding hydrogens is 300 g/mol. The van der Waals surface area contributed by atoms with E-state index >= 15 is 0 Å². The second kappa shape index (κ2) is 7.42. The number of carbonyl (C=O) groups is 1. The molecule has 0 fully saturated rings. The number of amides is 1. The van der Waals surface area contributed by atoms with Crippen molar-refractivity contribution >= 4 is 17.5 Å². The zero-order valence-electron chi connectivity index (χ0n) is 13.1. The molecule has 1 heterocycles. The monoisotopic (exact) mass is 320 g/mol. The zero-order valence-corrected chi connectivity index (χ0v) is 13.9. The summed E-state index contributed by atoms with van der Waals surface area (Å²) in [4.78, 5) is 14.3. The number of halogens is 1. The molecule has 6 heteroatoms. The van der Waals surface area contributed by atoms with E-state index in [1.165, 1.54) is 0 Å². The van der Waals surface area contributed by atoms with Crippen LogP contribution in [0.25, 0.3) is 5.69 Å². The summed E-state index contributed by atoms with van der Waals surface area (Å²) < 4.78 is 1.72. The number of rotatable bonds is 6. The minimum absolute atomic E-state index is 0.0930. The van der Waals surface area contributed by atoms with Gasteiger partial charge in [0.25, 0.3) is 5.91 Å². The predicted molar refractivity (Wildman–Crippen MR) is 88.8 cm³/mol. The van der Waals surface area contributed by atoms with Crippen LogP contribution in [0.3, 0.4) is 0 Å². The van der Waals surface area contributed by atoms with Gasteiger partial charge in [0, 0.05) is 11.6 Å². The van der Waals surface area contributed by atoms with Crippen LogP contribution in [0.4, 0.5) is 0 Å². The van der Waals surface area contributed by atoms with E-state index in [4.69, 9.17) is 11.6 Å². The van der Waals surface area contributed by atoms with E-state index in [-0.39, 0.29) is 5.91 Å². The van der Waals surface area contributed by atoms with E-state index in [9.17, 15) is 4.79 Å². The summed E-state index contributed by atoms with van der Waals surface area (Å²) in [5.41, 5.74) is 2.23. The second-order valence-electron chi connectivity index (χ2n) is 5.45. The Kier molecular flexibility index (Phi) is 5.57. The number of nitrogens with one attached hydrogen (secondary N) is 1. The van der Waals surface area contributed by atoms with E-state index in [0.717, 1.165) is 24.3 Å². The fraction of sp³-hybridized carbons (Fsp3) is 0.375. The van der Waals surface area contributed by atoms with Gasteiger partial charge < -0.3 is 10.2 Å². The second-order valence-corrected chi connectivity index (χ2v) is 5.88. The molecule has 22 heavy (non-hydrogen) atoms. The van der Waals surface area contributed by atoms with Crippen LogP contribution in [-0.4, -0.2) is 47.8 Å². The molecule has 0 saturated heterocycles. The van der Waals surface area contributed by atoms with Crippen molar-refractivity contribution in [2.75, 3.05) is 27.2 Å². The SMILES string of the molecule is Cc1c(C(=O)NCCCN(C)C)cnn1-c1cccc(Cl)c1. The number of hydrogen-bond acceptors (Lipinski definition) is 3. The van der Waals surface area contributed by atoms with Crippen LogP contribution < -0.4 is 5.32 Å². The lowest BCUT2D eigenvalue weighted by Crippen LogP contribution is -2.27. The Morgan fingerprint density at radius 1 is 1.41 bits per heavy atom. The van der Waals surface area contributed by atoms with Crippen molar-refractivity contribution in [1.82, 2.24) is 20.0 Å². The Balaban J connectivity index is 2.06. The minimum atomic E-state index is -0.0930. The highest BCUT2D eigenvalue weighted by molar-refractivity contribution is 6.30. The zero-order chi connectivity index (χ0) is 16.1. The molecule has 0 aliphatic rings. The molecule has 2 aromatic rings. The van der Waals surface area contributed by atoms with Gasteiger partial charge in [0.05, 0.1) is 23.1 Å². The van der Waals surface area contributed by atoms with Gasteiger partial charge in [-0.25, -0.2) is 4.68 Å². The Morgan fingerprint density at radius 2 is 2.18 bits per heavy atom. The predicted octanol–water partition coefficient (Wildman–Crippen LogP) is 2.52. The van der Waals surface area contributed by atoms with Crippen molar-refractivity contribution in [3.63, 3.8) is 0 Å². The van der Waals surface area contributed by atoms with E-state index in [1.54, 1.807) is 10.9 Å². The van der Waals surface area contributed by atoms with Gasteiger partial charge in [0.15, 0.2) is 0 Å². The summed E-state index contributed by atoms with van der Waals surface area (Å²) in [5, 5.41) is 7.86. The van der Waals surface area contributed by atoms with Gasteiger partial charge in [-0.3, -0.25) is 4.79 Å². The average molecular weight is 321 g/mol. The molecule has 2 rings (SSSR count). The molecule has 0 saturated carbocycles. The third-order valence-corrected chi connectivity index (χ3v) is 3.61. The molecule has 1 aromatic heterocycles. The van der Waals surface area contributed by atoms with Crippen molar-refractivity contribution in [3.05, 3.63) is 46.7 Å². The van der Waals surface area contributed by atoms with Crippen molar-refractivity contribution in [3.8, 4) is 5.69 Å². The van der Waals surface area contributed by atoms with Crippen LogP contribution >= 0.6 is 11.6 Å². The summed E-state index contributed by atoms with van der Waals surface area (Å²) in [7, 11) is 4.03. The molecule has 0 aliphatic heterocycles. The molecule has 5 nitrogen and oxygen atoms in total. The number of hydrogen-bond donors (Lipinski definition) is 1. The molecule has 0 atom stereocenters. The summed E-state index contributed by atoms with van der Waals surface area (Å²) in [6, 6.07) is 7.40. The summed E-state index contributed by atoms with van der Waals surface area (Å²) in [6.07, 6.45) is 2.51. The Labute approximate surface area is 135 Å². The van der Waals surface area contributed by atoms with Crippen LogP contribution in [0.15, 0.2) is 30.5 Å². The lowest BCUT2D eigenvalue weighted by molar-refractivity contribution is 0.0951. The van der Waals surface area contributed by atoms with Gasteiger partial charge in [-0.1, -0.05) is 17.7 Å². The highest BCUT2D eigenvalue weighted by atomic mass is 35.5. The fourth-order valence-electron chi connectivity index (χ4n) is 2.19. The molecular formula is C16H21ClN4O. The normalized spacial score (nSPS) is 11.0. The summed E-state index contributed by atoms with van der Waals surface area (Å²) in [6.45, 7) is 3.47. The highest BCUT2D eigenvalue weighted by Crippen LogP contribution is 2.17. The minimum Gasteiger partial charge on any atom is -0.352 e. The van der Waals surface area contributed by atoms with Gasteiger partial charge in [-0.05, 0) is 52.2 Å². The van der Waals surface area contributed by atoms with Crippen LogP contribution in [0, 0.1) is 6.92 Å². The molecule has 0 bridgehead atoms. The van der Waals surface area contributed by atoms with Crippen LogP contribution in [0.2, 0.25) is 5.02 Å². The van der Waals surface area contributed by atoms with Crippen LogP contribution in [-0.2, 0) is 0 Å². The first-order chi connectivity index (χ1) is 10.5. The Bertz CT molecular complexity index is 651. The largest absolute Gasteiger partial charge is 0.352 e. The molecule has 0 spiro atoms. The quantitative estimate of drug-likeness (QED) is 0.832. The molecule has 1 N–H and O–H groups in total. The number of carbonyl (C=O) groups excluding carboxylic acids is 1. The first-order valence-corrected chi connectivity index (χ1v) is 7.60. The third-order valence-electron chi connectivity index (χ3n) is 3.37. The van der Waals surface area contributed by atoms with Gasteiger partial charge in [-0.2, -0.15) is 5.10 Å². The molecule has 0 radical (unpaired) electrons. The van der Waals surface area contributed by atoms with Crippen LogP contribution in [0.5, 0.6) is 0 Å². The molecule has 1 aromatic carbocycles. The van der Waals surface area contributed by atoms with E-state index in [1.807, 2.05) is 45.3 Å². The Morgan fingerprint density at radius 3 is 2.86 bits per heavy atom. The molecule has 0 unspecified atom stereocenters. The van der Waals surface area contributed by atoms with E-state index in [2.05, 4.69) is 15.3 Å². The Hall–Kier alpha value is -1.85. The van der Waals surface area contributed by atoms with Gasteiger partial charge >= 0.3 is 0 Å². The van der Waals surface area contributed by atoms with Crippen molar-refractivity contribution in [2.24, 2.45) is 0 Å². The summed E-state index contributed by atoms with van der Waals surface area (Å²) in [5.74, 6) is -0.0930. The van der Waals surface area contributed by atoms with Gasteiger partial charge in [0.2, 0.25) is 0 Å². The van der Waals surface area contributed by atoms with E-state index in [0.29, 0.717) is 17.1 Å². The van der Waals surface area contributed by atoms with Gasteiger partial charge in [-0.15, -0.1) is 0 Å². The first kappa shape index (κ1) is 16.5. The standard InChI is InChI=1S/C16H21ClN4O/c1-12-15(16(22)18-8-5-9-20(2)3)11-19-21(12)14-7-4-6-13(17)10-14/h4,6-7,10-11H,5,8-9H2,1-3H3,(H,18,22). The lowest BCUT2D eigenvalue weighted by Gasteiger charge is -2.10. The number of nitrogens with zero attached hydrogens (tertiary/aromatic N) is 3. The highest BCUT2D eigenvalue weighted by Gasteiger charge is 2.14. The van der Waals surface area contributed by atoms with Crippen molar-refractivity contribution in [1.29, 1.82) is 0 Å². The molecule has 118 valence electrons. The van der Waals surface area contributed by atoms with Crippen LogP contribution in [0.1, 0.15) is 22.5 Å². The molecule has 1 amide bonds. The van der Waals surface area contributed by atoms with E-state index < -0.39 is 0 Å². The van der Waals surface area contributed by atoms with Gasteiger partial charge in [0.1, 0.15) is 0 Å². The summed E-state index contributed by atoms with van der Waals surface area (Å²) >= 11 is 6.00. The fourth-order valence-corrected chi connectivity index (χ4v) is 2.38. The third kappa shape index (κ3) is 4.08. The maximum Gasteiger partial charge on any atom is 0.254 e. The number of aromatic nitrogens is 2. The average Bonchev–Trinajstić information content (AvgIpc) is 2.85. The molecule has 0 aliphatic carbocycles. The first-order valence-electron chi connectivity index (χ1n) is 7.22. The lowest BCUT2D eigenvalue weighted by atomic mass is 10.2. The number of benzene rings is 1. The maximum absolute atomic E-state index is 12.2. The maximum atomic E-state index is 12.2. The van der Waals surface area contributed by atoms with Crippen molar-refractivity contribution < 1.29 is 4.79 Å². The van der Waals surface area contributed by atoms with Crippen molar-refractivity contribution in [2.45, 2.75) is 13.3 Å². The smallest absolute Gasteiger partial charge is 0.254 e.